The second-order valence-corrected chi connectivity index (χ2v) is 18.3. The molecule has 10 nitrogen and oxygen atoms in total. The number of alkyl carbamates (subject to hydrolysis) is 1. The summed E-state index contributed by atoms with van der Waals surface area (Å²) in [6.45, 7) is 13.8. The Hall–Kier alpha value is -4.29. The van der Waals surface area contributed by atoms with Crippen molar-refractivity contribution in [2.24, 2.45) is 17.6 Å². The summed E-state index contributed by atoms with van der Waals surface area (Å²) in [4.78, 5) is 19.9. The summed E-state index contributed by atoms with van der Waals surface area (Å²) < 4.78 is 110. The van der Waals surface area contributed by atoms with E-state index in [0.29, 0.717) is 55.0 Å². The lowest BCUT2D eigenvalue weighted by Crippen LogP contribution is -2.42. The maximum Gasteiger partial charge on any atom is 0.429 e. The monoisotopic (exact) mass is 988 g/mol. The number of hydrogen-bond donors (Lipinski definition) is 2. The molecule has 3 N–H and O–H groups in total. The highest BCUT2D eigenvalue weighted by molar-refractivity contribution is 9.11. The highest BCUT2D eigenvalue weighted by Gasteiger charge is 2.48. The zero-order valence-electron chi connectivity index (χ0n) is 34.5. The summed E-state index contributed by atoms with van der Waals surface area (Å²) in [6, 6.07) is 8.83. The highest BCUT2D eigenvalue weighted by atomic mass is 79.9. The molecule has 4 aromatic rings. The van der Waals surface area contributed by atoms with E-state index in [2.05, 4.69) is 61.0 Å². The molecule has 4 heterocycles. The highest BCUT2D eigenvalue weighted by Crippen LogP contribution is 2.52. The number of hydrogen-bond acceptors (Lipinski definition) is 9. The van der Waals surface area contributed by atoms with E-state index in [1.807, 2.05) is 13.8 Å². The van der Waals surface area contributed by atoms with Gasteiger partial charge in [0.1, 0.15) is 41.8 Å². The molecule has 0 radical (unpaired) electrons. The number of ether oxygens (including phenoxy) is 5. The van der Waals surface area contributed by atoms with Crippen LogP contribution in [0.25, 0.3) is 22.3 Å². The van der Waals surface area contributed by atoms with Gasteiger partial charge >= 0.3 is 18.4 Å². The standard InChI is InChI=1S/C24H28BrF3N2O4.C19H20BrF3N2O2/c1-13(2)8-14(30-22(31)34-23(3,4)5)12-32-20-10-19-16(9-18(20)25)15-6-7-29-11-17(15)21(33-19)24(26,27)28;1-10(2)5-11(24)9-26-17-7-16-13(6-15(17)20)12-3-4-25-8-14(12)18(27-16)19(21,22)23/h6-7,9-11,13-14,21H,8,12H2,1-5H3,(H,30,31);3-4,6-8,10-11,18H,5,9,24H2,1-2H3/t14-,21?;11-,18?/m00/s1. The van der Waals surface area contributed by atoms with E-state index in [0.717, 1.165) is 6.42 Å². The number of nitrogens with two attached hydrogens (primary N) is 1. The molecule has 18 heteroatoms. The number of pyridine rings is 2. The second-order valence-electron chi connectivity index (χ2n) is 16.5. The molecule has 6 rings (SSSR count). The lowest BCUT2D eigenvalue weighted by Gasteiger charge is -2.30. The summed E-state index contributed by atoms with van der Waals surface area (Å²) in [5, 5.41) is 2.81. The predicted octanol–water partition coefficient (Wildman–Crippen LogP) is 12.1. The van der Waals surface area contributed by atoms with Crippen LogP contribution in [0, 0.1) is 11.8 Å². The Kier molecular flexibility index (Phi) is 15.2. The quantitative estimate of drug-likeness (QED) is 0.141. The van der Waals surface area contributed by atoms with Crippen LogP contribution < -0.4 is 30.0 Å². The van der Waals surface area contributed by atoms with Crippen LogP contribution >= 0.6 is 31.9 Å². The molecule has 0 saturated heterocycles. The van der Waals surface area contributed by atoms with Crippen LogP contribution in [0.4, 0.5) is 31.1 Å². The van der Waals surface area contributed by atoms with Crippen molar-refractivity contribution in [2.45, 2.75) is 104 Å². The van der Waals surface area contributed by atoms with Crippen LogP contribution in [-0.4, -0.2) is 59.3 Å². The van der Waals surface area contributed by atoms with E-state index < -0.39 is 36.3 Å². The molecule has 0 saturated carbocycles. The summed E-state index contributed by atoms with van der Waals surface area (Å²) in [7, 11) is 0. The second kappa shape index (κ2) is 19.4. The normalized spacial score (nSPS) is 16.6. The Labute approximate surface area is 367 Å². The minimum absolute atomic E-state index is 0.00276. The molecule has 1 amide bonds. The van der Waals surface area contributed by atoms with E-state index in [1.54, 1.807) is 39.0 Å². The third-order valence-electron chi connectivity index (χ3n) is 9.15. The molecule has 2 aromatic heterocycles. The van der Waals surface area contributed by atoms with Gasteiger partial charge in [0, 0.05) is 65.2 Å². The number of rotatable bonds is 11. The Morgan fingerprint density at radius 1 is 0.738 bits per heavy atom. The van der Waals surface area contributed by atoms with Gasteiger partial charge in [-0.2, -0.15) is 26.3 Å². The van der Waals surface area contributed by atoms with Crippen molar-refractivity contribution >= 4 is 38.0 Å². The van der Waals surface area contributed by atoms with E-state index in [9.17, 15) is 31.1 Å². The minimum Gasteiger partial charge on any atom is -0.491 e. The summed E-state index contributed by atoms with van der Waals surface area (Å²) in [5.41, 5.74) is 7.23. The average Bonchev–Trinajstić information content (AvgIpc) is 3.14. The van der Waals surface area contributed by atoms with Crippen LogP contribution in [0.15, 0.2) is 70.1 Å². The lowest BCUT2D eigenvalue weighted by atomic mass is 9.94. The number of benzene rings is 2. The van der Waals surface area contributed by atoms with Gasteiger partial charge in [0.15, 0.2) is 0 Å². The van der Waals surface area contributed by atoms with Crippen molar-refractivity contribution in [3.8, 4) is 45.3 Å². The lowest BCUT2D eigenvalue weighted by molar-refractivity contribution is -0.199. The van der Waals surface area contributed by atoms with Gasteiger partial charge in [-0.05, 0) is 113 Å². The van der Waals surface area contributed by atoms with E-state index >= 15 is 0 Å². The van der Waals surface area contributed by atoms with E-state index in [4.69, 9.17) is 29.4 Å². The molecule has 0 fully saturated rings. The predicted molar refractivity (Wildman–Crippen MR) is 225 cm³/mol. The number of alkyl halides is 6. The molecular formula is C43H48Br2F6N4O6. The van der Waals surface area contributed by atoms with Gasteiger partial charge < -0.3 is 34.7 Å². The van der Waals surface area contributed by atoms with Crippen LogP contribution in [0.3, 0.4) is 0 Å². The Bertz CT molecular complexity index is 2170. The number of carbonyl (C=O) groups is 1. The summed E-state index contributed by atoms with van der Waals surface area (Å²) in [6.07, 6.45) is -7.23. The number of aromatic nitrogens is 2. The SMILES string of the molecule is CC(C)C[C@@H](COc1cc2c(cc1Br)-c1ccncc1C(C(F)(F)F)O2)NC(=O)OC(C)(C)C.CC(C)C[C@H](N)COc1cc2c(cc1Br)-c1ccncc1C(C(F)(F)F)O2. The first-order valence-electron chi connectivity index (χ1n) is 19.4. The van der Waals surface area contributed by atoms with Gasteiger partial charge in [-0.1, -0.05) is 27.7 Å². The summed E-state index contributed by atoms with van der Waals surface area (Å²) >= 11 is 6.87. The fourth-order valence-corrected chi connectivity index (χ4v) is 7.68. The van der Waals surface area contributed by atoms with Gasteiger partial charge in [-0.25, -0.2) is 4.79 Å². The van der Waals surface area contributed by atoms with Crippen molar-refractivity contribution in [1.29, 1.82) is 0 Å². The third kappa shape index (κ3) is 12.7. The molecule has 2 unspecified atom stereocenters. The third-order valence-corrected chi connectivity index (χ3v) is 10.4. The maximum atomic E-state index is 13.7. The molecule has 332 valence electrons. The van der Waals surface area contributed by atoms with Gasteiger partial charge in [0.2, 0.25) is 12.2 Å². The molecular weight excluding hydrogens is 942 g/mol. The first-order valence-corrected chi connectivity index (χ1v) is 21.0. The van der Waals surface area contributed by atoms with Crippen molar-refractivity contribution in [3.05, 3.63) is 81.3 Å². The maximum absolute atomic E-state index is 13.7. The van der Waals surface area contributed by atoms with E-state index in [-0.39, 0.29) is 53.8 Å². The van der Waals surface area contributed by atoms with Crippen molar-refractivity contribution in [2.75, 3.05) is 13.2 Å². The molecule has 61 heavy (non-hydrogen) atoms. The number of nitrogens with zero attached hydrogens (tertiary/aromatic N) is 2. The van der Waals surface area contributed by atoms with Gasteiger partial charge in [-0.3, -0.25) is 9.97 Å². The number of carbonyl (C=O) groups excluding carboxylic acids is 1. The number of fused-ring (bicyclic) bond motifs is 6. The van der Waals surface area contributed by atoms with Crippen molar-refractivity contribution < 1.29 is 54.8 Å². The number of nitrogens with one attached hydrogen (secondary N) is 1. The Balaban J connectivity index is 0.000000237. The molecule has 0 aliphatic carbocycles. The smallest absolute Gasteiger partial charge is 0.429 e. The Morgan fingerprint density at radius 3 is 1.59 bits per heavy atom. The molecule has 0 spiro atoms. The largest absolute Gasteiger partial charge is 0.491 e. The van der Waals surface area contributed by atoms with Gasteiger partial charge in [0.25, 0.3) is 0 Å². The minimum atomic E-state index is -4.61. The van der Waals surface area contributed by atoms with Crippen molar-refractivity contribution in [3.63, 3.8) is 0 Å². The van der Waals surface area contributed by atoms with E-state index in [1.165, 1.54) is 43.0 Å². The number of halogens is 8. The van der Waals surface area contributed by atoms with Crippen molar-refractivity contribution in [1.82, 2.24) is 15.3 Å². The van der Waals surface area contributed by atoms with Gasteiger partial charge in [-0.15, -0.1) is 0 Å². The number of amides is 1. The van der Waals surface area contributed by atoms with Crippen LogP contribution in [0.1, 0.15) is 84.6 Å². The summed E-state index contributed by atoms with van der Waals surface area (Å²) in [5.74, 6) is 1.56. The molecule has 2 aliphatic rings. The van der Waals surface area contributed by atoms with Gasteiger partial charge in [0.05, 0.1) is 15.0 Å². The van der Waals surface area contributed by atoms with Crippen LogP contribution in [0.5, 0.6) is 23.0 Å². The molecule has 4 atom stereocenters. The fourth-order valence-electron chi connectivity index (χ4n) is 6.77. The molecule has 2 aromatic carbocycles. The topological polar surface area (TPSA) is 127 Å². The average molecular weight is 991 g/mol. The molecule has 0 bridgehead atoms. The first kappa shape index (κ1) is 47.8. The molecule has 2 aliphatic heterocycles. The van der Waals surface area contributed by atoms with Crippen LogP contribution in [0.2, 0.25) is 0 Å². The zero-order chi connectivity index (χ0) is 45.0. The van der Waals surface area contributed by atoms with Crippen LogP contribution in [-0.2, 0) is 4.74 Å². The fraction of sp³-hybridized carbons (Fsp3) is 0.465. The Morgan fingerprint density at radius 2 is 1.18 bits per heavy atom. The first-order chi connectivity index (χ1) is 28.4. The zero-order valence-corrected chi connectivity index (χ0v) is 37.7.